The maximum Gasteiger partial charge on any atom is 0.276 e. The molecule has 1 aliphatic heterocycles. The second-order valence-corrected chi connectivity index (χ2v) is 6.20. The molecule has 8 nitrogen and oxygen atoms in total. The molecule has 29 heavy (non-hydrogen) atoms. The lowest BCUT2D eigenvalue weighted by Crippen LogP contribution is -2.43. The number of para-hydroxylation sites is 1. The zero-order valence-electron chi connectivity index (χ0n) is 15.1. The van der Waals surface area contributed by atoms with Crippen molar-refractivity contribution < 1.29 is 23.8 Å². The van der Waals surface area contributed by atoms with Crippen LogP contribution in [0.2, 0.25) is 5.02 Å². The van der Waals surface area contributed by atoms with Crippen molar-refractivity contribution in [3.05, 3.63) is 58.6 Å². The van der Waals surface area contributed by atoms with Crippen molar-refractivity contribution >= 4 is 29.5 Å². The van der Waals surface area contributed by atoms with Crippen LogP contribution in [0.1, 0.15) is 11.1 Å². The van der Waals surface area contributed by atoms with Gasteiger partial charge in [-0.3, -0.25) is 20.4 Å². The Labute approximate surface area is 171 Å². The molecule has 0 atom stereocenters. The minimum absolute atomic E-state index is 0.284. The maximum absolute atomic E-state index is 11.9. The van der Waals surface area contributed by atoms with Crippen LogP contribution in [0.3, 0.4) is 0 Å². The molecule has 9 heteroatoms. The molecule has 0 saturated heterocycles. The van der Waals surface area contributed by atoms with E-state index in [2.05, 4.69) is 10.9 Å². The van der Waals surface area contributed by atoms with E-state index in [9.17, 15) is 9.59 Å². The summed E-state index contributed by atoms with van der Waals surface area (Å²) in [6.07, 6.45) is 2.75. The van der Waals surface area contributed by atoms with Gasteiger partial charge >= 0.3 is 0 Å². The summed E-state index contributed by atoms with van der Waals surface area (Å²) in [6, 6.07) is 11.8. The average molecular weight is 414 g/mol. The average Bonchev–Trinajstić information content (AvgIpc) is 2.75. The summed E-state index contributed by atoms with van der Waals surface area (Å²) in [5, 5.41) is 9.36. The Morgan fingerprint density at radius 1 is 1.21 bits per heavy atom. The van der Waals surface area contributed by atoms with Crippen LogP contribution < -0.4 is 25.1 Å². The molecular formula is C20H16ClN3O5. The number of benzene rings is 2. The Bertz CT molecular complexity index is 1000. The van der Waals surface area contributed by atoms with E-state index in [4.69, 9.17) is 31.1 Å². The van der Waals surface area contributed by atoms with Crippen LogP contribution in [-0.4, -0.2) is 31.6 Å². The van der Waals surface area contributed by atoms with Gasteiger partial charge in [-0.25, -0.2) is 0 Å². The summed E-state index contributed by atoms with van der Waals surface area (Å²) in [5.41, 5.74) is 5.40. The SMILES string of the molecule is N#Cc1ccccc1OCC(=O)NNC(=O)/C=C/c1cc(Cl)c2c(c1)OCCO2. The van der Waals surface area contributed by atoms with E-state index in [1.165, 1.54) is 12.2 Å². The number of hydrogen-bond donors (Lipinski definition) is 2. The van der Waals surface area contributed by atoms with Gasteiger partial charge in [0.05, 0.1) is 10.6 Å². The lowest BCUT2D eigenvalue weighted by atomic mass is 10.1. The third kappa shape index (κ3) is 5.40. The van der Waals surface area contributed by atoms with Gasteiger partial charge in [0.2, 0.25) is 0 Å². The number of hydrazine groups is 1. The van der Waals surface area contributed by atoms with Gasteiger partial charge in [0.1, 0.15) is 25.0 Å². The Morgan fingerprint density at radius 3 is 2.83 bits per heavy atom. The fraction of sp³-hybridized carbons (Fsp3) is 0.150. The Morgan fingerprint density at radius 2 is 2.00 bits per heavy atom. The molecule has 0 saturated carbocycles. The number of ether oxygens (including phenoxy) is 3. The highest BCUT2D eigenvalue weighted by Gasteiger charge is 2.16. The van der Waals surface area contributed by atoms with Gasteiger partial charge in [0.15, 0.2) is 18.1 Å². The molecule has 0 radical (unpaired) electrons. The van der Waals surface area contributed by atoms with E-state index >= 15 is 0 Å². The fourth-order valence-corrected chi connectivity index (χ4v) is 2.71. The van der Waals surface area contributed by atoms with E-state index in [0.29, 0.717) is 40.9 Å². The maximum atomic E-state index is 11.9. The van der Waals surface area contributed by atoms with Gasteiger partial charge in [0.25, 0.3) is 11.8 Å². The van der Waals surface area contributed by atoms with E-state index in [-0.39, 0.29) is 12.4 Å². The molecule has 2 aromatic rings. The summed E-state index contributed by atoms with van der Waals surface area (Å²) in [7, 11) is 0. The van der Waals surface area contributed by atoms with E-state index in [1.807, 2.05) is 6.07 Å². The molecule has 2 aromatic carbocycles. The van der Waals surface area contributed by atoms with Crippen LogP contribution in [0.25, 0.3) is 6.08 Å². The fourth-order valence-electron chi connectivity index (χ4n) is 2.44. The molecule has 148 valence electrons. The van der Waals surface area contributed by atoms with Crippen molar-refractivity contribution in [2.75, 3.05) is 19.8 Å². The van der Waals surface area contributed by atoms with Crippen LogP contribution in [-0.2, 0) is 9.59 Å². The largest absolute Gasteiger partial charge is 0.486 e. The number of hydrogen-bond acceptors (Lipinski definition) is 6. The van der Waals surface area contributed by atoms with Crippen LogP contribution in [0.5, 0.6) is 17.2 Å². The number of halogens is 1. The van der Waals surface area contributed by atoms with Gasteiger partial charge in [-0.1, -0.05) is 23.7 Å². The molecule has 3 rings (SSSR count). The smallest absolute Gasteiger partial charge is 0.276 e. The summed E-state index contributed by atoms with van der Waals surface area (Å²) >= 11 is 6.14. The molecule has 0 aliphatic carbocycles. The van der Waals surface area contributed by atoms with Crippen molar-refractivity contribution in [1.29, 1.82) is 5.26 Å². The topological polar surface area (TPSA) is 110 Å². The van der Waals surface area contributed by atoms with Gasteiger partial charge in [-0.05, 0) is 35.9 Å². The monoisotopic (exact) mass is 413 g/mol. The van der Waals surface area contributed by atoms with Gasteiger partial charge in [0, 0.05) is 6.08 Å². The second kappa shape index (κ2) is 9.48. The first-order valence-electron chi connectivity index (χ1n) is 8.55. The second-order valence-electron chi connectivity index (χ2n) is 5.79. The molecule has 2 N–H and O–H groups in total. The third-order valence-electron chi connectivity index (χ3n) is 3.74. The number of nitriles is 1. The minimum Gasteiger partial charge on any atom is -0.486 e. The van der Waals surface area contributed by atoms with Crippen LogP contribution in [0.4, 0.5) is 0 Å². The molecular weight excluding hydrogens is 398 g/mol. The molecule has 1 aliphatic rings. The van der Waals surface area contributed by atoms with E-state index in [0.717, 1.165) is 0 Å². The number of nitrogens with one attached hydrogen (secondary N) is 2. The summed E-state index contributed by atoms with van der Waals surface area (Å²) in [5.74, 6) is 0.132. The first kappa shape index (κ1) is 20.0. The number of carbonyl (C=O) groups excluding carboxylic acids is 2. The van der Waals surface area contributed by atoms with Crippen molar-refractivity contribution in [2.45, 2.75) is 0 Å². The highest BCUT2D eigenvalue weighted by molar-refractivity contribution is 6.32. The lowest BCUT2D eigenvalue weighted by Gasteiger charge is -2.19. The van der Waals surface area contributed by atoms with E-state index < -0.39 is 11.8 Å². The van der Waals surface area contributed by atoms with Crippen molar-refractivity contribution in [2.24, 2.45) is 0 Å². The normalized spacial score (nSPS) is 12.1. The summed E-state index contributed by atoms with van der Waals surface area (Å²) in [6.45, 7) is 0.486. The summed E-state index contributed by atoms with van der Waals surface area (Å²) < 4.78 is 16.2. The molecule has 0 spiro atoms. The quantitative estimate of drug-likeness (QED) is 0.574. The number of rotatable bonds is 5. The first-order valence-corrected chi connectivity index (χ1v) is 8.92. The molecule has 0 fully saturated rings. The Kier molecular flexibility index (Phi) is 6.55. The Hall–Kier alpha value is -3.70. The number of amides is 2. The van der Waals surface area contributed by atoms with Crippen molar-refractivity contribution in [3.8, 4) is 23.3 Å². The third-order valence-corrected chi connectivity index (χ3v) is 4.02. The van der Waals surface area contributed by atoms with Crippen molar-refractivity contribution in [3.63, 3.8) is 0 Å². The highest BCUT2D eigenvalue weighted by atomic mass is 35.5. The number of carbonyl (C=O) groups is 2. The Balaban J connectivity index is 1.49. The zero-order valence-corrected chi connectivity index (χ0v) is 15.9. The number of fused-ring (bicyclic) bond motifs is 1. The standard InChI is InChI=1S/C20H16ClN3O5/c21-15-9-13(10-17-20(15)28-8-7-27-17)5-6-18(25)23-24-19(26)12-29-16-4-2-1-3-14(16)11-22/h1-6,9-10H,7-8,12H2,(H,23,25)(H,24,26)/b6-5+. The van der Waals surface area contributed by atoms with Gasteiger partial charge in [-0.2, -0.15) is 5.26 Å². The predicted octanol–water partition coefficient (Wildman–Crippen LogP) is 2.22. The predicted molar refractivity (Wildman–Crippen MR) is 104 cm³/mol. The minimum atomic E-state index is -0.582. The lowest BCUT2D eigenvalue weighted by molar-refractivity contribution is -0.128. The zero-order chi connectivity index (χ0) is 20.6. The highest BCUT2D eigenvalue weighted by Crippen LogP contribution is 2.38. The van der Waals surface area contributed by atoms with Gasteiger partial charge < -0.3 is 14.2 Å². The van der Waals surface area contributed by atoms with Gasteiger partial charge in [-0.15, -0.1) is 0 Å². The van der Waals surface area contributed by atoms with Crippen LogP contribution in [0, 0.1) is 11.3 Å². The molecule has 1 heterocycles. The first-order chi connectivity index (χ1) is 14.1. The van der Waals surface area contributed by atoms with Crippen LogP contribution in [0.15, 0.2) is 42.5 Å². The van der Waals surface area contributed by atoms with Crippen molar-refractivity contribution in [1.82, 2.24) is 10.9 Å². The van der Waals surface area contributed by atoms with E-state index in [1.54, 1.807) is 36.4 Å². The summed E-state index contributed by atoms with van der Waals surface area (Å²) in [4.78, 5) is 23.7. The number of nitrogens with zero attached hydrogens (tertiary/aromatic N) is 1. The van der Waals surface area contributed by atoms with Crippen LogP contribution >= 0.6 is 11.6 Å². The molecule has 0 bridgehead atoms. The molecule has 0 unspecified atom stereocenters. The molecule has 2 amide bonds. The molecule has 0 aromatic heterocycles.